The first-order valence-corrected chi connectivity index (χ1v) is 8.13. The van der Waals surface area contributed by atoms with Crippen molar-refractivity contribution >= 4 is 21.0 Å². The maximum Gasteiger partial charge on any atom is 0.264 e. The van der Waals surface area contributed by atoms with Gasteiger partial charge in [-0.2, -0.15) is 13.5 Å². The van der Waals surface area contributed by atoms with Crippen LogP contribution in [-0.4, -0.2) is 37.7 Å². The Labute approximate surface area is 123 Å². The Morgan fingerprint density at radius 2 is 2.19 bits per heavy atom. The van der Waals surface area contributed by atoms with Gasteiger partial charge in [0.2, 0.25) is 0 Å². The van der Waals surface area contributed by atoms with Gasteiger partial charge in [0, 0.05) is 11.6 Å². The molecule has 7 heteroatoms. The lowest BCUT2D eigenvalue weighted by Gasteiger charge is -2.00. The fourth-order valence-electron chi connectivity index (χ4n) is 1.73. The van der Waals surface area contributed by atoms with Crippen LogP contribution in [0.2, 0.25) is 0 Å². The van der Waals surface area contributed by atoms with Gasteiger partial charge < -0.3 is 4.74 Å². The van der Waals surface area contributed by atoms with Crippen LogP contribution in [0.3, 0.4) is 0 Å². The summed E-state index contributed by atoms with van der Waals surface area (Å²) in [7, 11) is -3.42. The number of rotatable bonds is 6. The Balaban J connectivity index is 2.04. The van der Waals surface area contributed by atoms with E-state index in [1.807, 2.05) is 24.4 Å². The number of hydrogen-bond donors (Lipinski definition) is 0. The molecule has 1 heterocycles. The van der Waals surface area contributed by atoms with E-state index in [1.165, 1.54) is 0 Å². The van der Waals surface area contributed by atoms with Crippen molar-refractivity contribution in [3.8, 4) is 17.6 Å². The minimum atomic E-state index is -3.42. The number of benzene rings is 1. The largest absolute Gasteiger partial charge is 0.481 e. The van der Waals surface area contributed by atoms with Crippen molar-refractivity contribution < 1.29 is 17.3 Å². The van der Waals surface area contributed by atoms with E-state index in [9.17, 15) is 8.42 Å². The predicted molar refractivity (Wildman–Crippen MR) is 79.5 cm³/mol. The zero-order valence-electron chi connectivity index (χ0n) is 11.9. The van der Waals surface area contributed by atoms with E-state index in [0.29, 0.717) is 13.2 Å². The fourth-order valence-corrected chi connectivity index (χ4v) is 2.11. The molecule has 0 aliphatic carbocycles. The number of hydrogen-bond acceptors (Lipinski definition) is 5. The van der Waals surface area contributed by atoms with Gasteiger partial charge in [0.15, 0.2) is 0 Å². The van der Waals surface area contributed by atoms with Crippen molar-refractivity contribution in [2.45, 2.75) is 13.5 Å². The first-order chi connectivity index (χ1) is 9.98. The Bertz CT molecular complexity index is 784. The Hall–Kier alpha value is -2.04. The molecular formula is C14H16N2O4S. The van der Waals surface area contributed by atoms with Crippen molar-refractivity contribution in [1.82, 2.24) is 9.78 Å². The third kappa shape index (κ3) is 4.77. The molecule has 0 aliphatic heterocycles. The SMILES string of the molecule is CC#CCOc1ccc2nn(CCOS(C)(=O)=O)cc2c1. The van der Waals surface area contributed by atoms with Gasteiger partial charge in [-0.1, -0.05) is 5.92 Å². The summed E-state index contributed by atoms with van der Waals surface area (Å²) in [6.45, 7) is 2.52. The third-order valence-corrected chi connectivity index (χ3v) is 3.22. The molecule has 0 N–H and O–H groups in total. The van der Waals surface area contributed by atoms with Crippen molar-refractivity contribution in [3.05, 3.63) is 24.4 Å². The number of aromatic nitrogens is 2. The van der Waals surface area contributed by atoms with Crippen LogP contribution in [0.15, 0.2) is 24.4 Å². The number of nitrogens with zero attached hydrogens (tertiary/aromatic N) is 2. The van der Waals surface area contributed by atoms with Crippen LogP contribution in [0.1, 0.15) is 6.92 Å². The summed E-state index contributed by atoms with van der Waals surface area (Å²) in [6, 6.07) is 5.54. The first kappa shape index (κ1) is 15.4. The Kier molecular flexibility index (Phi) is 4.83. The molecule has 0 atom stereocenters. The van der Waals surface area contributed by atoms with Crippen LogP contribution in [0.4, 0.5) is 0 Å². The highest BCUT2D eigenvalue weighted by molar-refractivity contribution is 7.85. The molecule has 0 radical (unpaired) electrons. The molecule has 0 saturated heterocycles. The van der Waals surface area contributed by atoms with Gasteiger partial charge in [0.25, 0.3) is 10.1 Å². The number of ether oxygens (including phenoxy) is 1. The highest BCUT2D eigenvalue weighted by atomic mass is 32.2. The molecule has 0 spiro atoms. The van der Waals surface area contributed by atoms with Gasteiger partial charge in [-0.05, 0) is 25.1 Å². The van der Waals surface area contributed by atoms with Crippen molar-refractivity contribution in [2.75, 3.05) is 19.5 Å². The summed E-state index contributed by atoms with van der Waals surface area (Å²) < 4.78 is 33.6. The quantitative estimate of drug-likeness (QED) is 0.596. The van der Waals surface area contributed by atoms with Gasteiger partial charge in [0.1, 0.15) is 12.4 Å². The molecule has 1 aromatic heterocycles. The van der Waals surface area contributed by atoms with E-state index in [1.54, 1.807) is 11.6 Å². The smallest absolute Gasteiger partial charge is 0.264 e. The lowest BCUT2D eigenvalue weighted by Crippen LogP contribution is -2.10. The second kappa shape index (κ2) is 6.61. The zero-order valence-corrected chi connectivity index (χ0v) is 12.7. The van der Waals surface area contributed by atoms with Crippen LogP contribution in [0.5, 0.6) is 5.75 Å². The van der Waals surface area contributed by atoms with E-state index in [-0.39, 0.29) is 6.61 Å². The summed E-state index contributed by atoms with van der Waals surface area (Å²) in [6.07, 6.45) is 2.84. The van der Waals surface area contributed by atoms with Crippen LogP contribution in [0.25, 0.3) is 10.9 Å². The van der Waals surface area contributed by atoms with E-state index in [2.05, 4.69) is 21.1 Å². The van der Waals surface area contributed by atoms with Gasteiger partial charge >= 0.3 is 0 Å². The average Bonchev–Trinajstić information content (AvgIpc) is 2.79. The minimum absolute atomic E-state index is 0.0578. The minimum Gasteiger partial charge on any atom is -0.481 e. The molecule has 2 rings (SSSR count). The first-order valence-electron chi connectivity index (χ1n) is 6.32. The molecule has 0 aliphatic rings. The zero-order chi connectivity index (χ0) is 15.3. The van der Waals surface area contributed by atoms with E-state index < -0.39 is 10.1 Å². The highest BCUT2D eigenvalue weighted by Gasteiger charge is 2.05. The molecule has 1 aromatic carbocycles. The summed E-state index contributed by atoms with van der Waals surface area (Å²) in [5, 5.41) is 5.24. The van der Waals surface area contributed by atoms with Crippen molar-refractivity contribution in [3.63, 3.8) is 0 Å². The maximum absolute atomic E-state index is 10.9. The molecule has 0 saturated carbocycles. The molecule has 0 bridgehead atoms. The van der Waals surface area contributed by atoms with Gasteiger partial charge in [0.05, 0.1) is 24.9 Å². The van der Waals surface area contributed by atoms with Gasteiger partial charge in [-0.25, -0.2) is 0 Å². The Morgan fingerprint density at radius 1 is 1.38 bits per heavy atom. The monoisotopic (exact) mass is 308 g/mol. The normalized spacial score (nSPS) is 11.1. The second-order valence-electron chi connectivity index (χ2n) is 4.35. The van der Waals surface area contributed by atoms with E-state index in [4.69, 9.17) is 4.74 Å². The van der Waals surface area contributed by atoms with Crippen LogP contribution in [-0.2, 0) is 20.8 Å². The summed E-state index contributed by atoms with van der Waals surface area (Å²) in [5.41, 5.74) is 0.809. The molecular weight excluding hydrogens is 292 g/mol. The van der Waals surface area contributed by atoms with Crippen LogP contribution in [0, 0.1) is 11.8 Å². The lowest BCUT2D eigenvalue weighted by atomic mass is 10.2. The third-order valence-electron chi connectivity index (χ3n) is 2.63. The second-order valence-corrected chi connectivity index (χ2v) is 6.00. The molecule has 6 nitrogen and oxygen atoms in total. The summed E-state index contributed by atoms with van der Waals surface area (Å²) >= 11 is 0. The van der Waals surface area contributed by atoms with Crippen molar-refractivity contribution in [2.24, 2.45) is 0 Å². The van der Waals surface area contributed by atoms with Gasteiger partial charge in [-0.15, -0.1) is 5.92 Å². The average molecular weight is 308 g/mol. The number of fused-ring (bicyclic) bond motifs is 1. The molecule has 0 amide bonds. The van der Waals surface area contributed by atoms with E-state index >= 15 is 0 Å². The fraction of sp³-hybridized carbons (Fsp3) is 0.357. The standard InChI is InChI=1S/C14H16N2O4S/c1-3-4-8-19-13-5-6-14-12(10-13)11-16(15-14)7-9-20-21(2,17)18/h5-6,10-11H,7-9H2,1-2H3. The highest BCUT2D eigenvalue weighted by Crippen LogP contribution is 2.19. The summed E-state index contributed by atoms with van der Waals surface area (Å²) in [5.74, 6) is 6.31. The predicted octanol–water partition coefficient (Wildman–Crippen LogP) is 1.41. The molecule has 2 aromatic rings. The molecule has 112 valence electrons. The van der Waals surface area contributed by atoms with Crippen LogP contribution >= 0.6 is 0 Å². The van der Waals surface area contributed by atoms with Crippen LogP contribution < -0.4 is 4.74 Å². The topological polar surface area (TPSA) is 70.4 Å². The molecule has 21 heavy (non-hydrogen) atoms. The van der Waals surface area contributed by atoms with E-state index in [0.717, 1.165) is 22.9 Å². The molecule has 0 fully saturated rings. The van der Waals surface area contributed by atoms with Gasteiger partial charge in [-0.3, -0.25) is 8.86 Å². The summed E-state index contributed by atoms with van der Waals surface area (Å²) in [4.78, 5) is 0. The van der Waals surface area contributed by atoms with Crippen molar-refractivity contribution in [1.29, 1.82) is 0 Å². The lowest BCUT2D eigenvalue weighted by molar-refractivity contribution is 0.298. The Morgan fingerprint density at radius 3 is 2.90 bits per heavy atom. The molecule has 0 unspecified atom stereocenters. The maximum atomic E-state index is 10.9.